The van der Waals surface area contributed by atoms with Crippen molar-refractivity contribution in [3.8, 4) is 5.75 Å². The molecule has 168 valence electrons. The molecule has 31 heavy (non-hydrogen) atoms. The fourth-order valence-corrected chi connectivity index (χ4v) is 4.29. The van der Waals surface area contributed by atoms with Crippen LogP contribution in [0.1, 0.15) is 0 Å². The topological polar surface area (TPSA) is 97.0 Å². The molecule has 3 rings (SSSR count). The predicted molar refractivity (Wildman–Crippen MR) is 106 cm³/mol. The van der Waals surface area contributed by atoms with Crippen molar-refractivity contribution in [1.82, 2.24) is 4.31 Å². The summed E-state index contributed by atoms with van der Waals surface area (Å²) >= 11 is 0. The van der Waals surface area contributed by atoms with Crippen LogP contribution in [0.5, 0.6) is 5.75 Å². The van der Waals surface area contributed by atoms with Crippen LogP contribution in [-0.4, -0.2) is 57.8 Å². The molecule has 1 aliphatic rings. The monoisotopic (exact) mass is 459 g/mol. The van der Waals surface area contributed by atoms with Gasteiger partial charge in [-0.05, 0) is 42.5 Å². The van der Waals surface area contributed by atoms with E-state index in [1.165, 1.54) is 34.6 Å². The van der Waals surface area contributed by atoms with Crippen LogP contribution in [0.4, 0.5) is 24.5 Å². The van der Waals surface area contributed by atoms with E-state index < -0.39 is 22.3 Å². The Morgan fingerprint density at radius 3 is 2.39 bits per heavy atom. The maximum atomic E-state index is 12.7. The fraction of sp³-hybridized carbons (Fsp3) is 0.316. The second kappa shape index (κ2) is 9.54. The van der Waals surface area contributed by atoms with E-state index in [1.807, 2.05) is 0 Å². The Balaban J connectivity index is 1.57. The third-order valence-electron chi connectivity index (χ3n) is 4.27. The lowest BCUT2D eigenvalue weighted by Gasteiger charge is -2.26. The van der Waals surface area contributed by atoms with Gasteiger partial charge in [0.25, 0.3) is 0 Å². The van der Waals surface area contributed by atoms with Crippen molar-refractivity contribution in [3.05, 3.63) is 48.5 Å². The first kappa shape index (κ1) is 22.8. The first-order valence-electron chi connectivity index (χ1n) is 9.21. The summed E-state index contributed by atoms with van der Waals surface area (Å²) in [6.45, 7) is 0.987. The van der Waals surface area contributed by atoms with Crippen LogP contribution in [0, 0.1) is 0 Å². The molecule has 12 heteroatoms. The molecule has 0 aromatic heterocycles. The second-order valence-corrected chi connectivity index (χ2v) is 8.46. The lowest BCUT2D eigenvalue weighted by atomic mass is 10.3. The summed E-state index contributed by atoms with van der Waals surface area (Å²) < 4.78 is 72.2. The van der Waals surface area contributed by atoms with Crippen molar-refractivity contribution in [2.45, 2.75) is 11.3 Å². The molecular weight excluding hydrogens is 439 g/mol. The first-order chi connectivity index (χ1) is 14.6. The normalized spacial score (nSPS) is 15.3. The van der Waals surface area contributed by atoms with E-state index in [0.29, 0.717) is 24.6 Å². The highest BCUT2D eigenvalue weighted by Gasteiger charge is 2.31. The number of carbonyl (C=O) groups is 1. The van der Waals surface area contributed by atoms with Gasteiger partial charge in [0.2, 0.25) is 15.9 Å². The molecule has 0 bridgehead atoms. The Morgan fingerprint density at radius 2 is 1.74 bits per heavy atom. The van der Waals surface area contributed by atoms with Gasteiger partial charge in [0.1, 0.15) is 5.75 Å². The molecule has 0 atom stereocenters. The van der Waals surface area contributed by atoms with Crippen LogP contribution in [0.2, 0.25) is 0 Å². The number of rotatable bonds is 7. The standard InChI is InChI=1S/C19H20F3N3O5S/c20-19(21,22)30-16-6-4-14(5-7-16)23-13-18(26)24-15-2-1-3-17(12-15)31(27,28)25-8-10-29-11-9-25/h1-7,12,23H,8-11,13H2,(H,24,26). The number of ether oxygens (including phenoxy) is 2. The summed E-state index contributed by atoms with van der Waals surface area (Å²) in [5.74, 6) is -0.836. The van der Waals surface area contributed by atoms with Crippen molar-refractivity contribution in [3.63, 3.8) is 0 Å². The van der Waals surface area contributed by atoms with Gasteiger partial charge in [-0.15, -0.1) is 13.2 Å². The van der Waals surface area contributed by atoms with Crippen LogP contribution < -0.4 is 15.4 Å². The number of carbonyl (C=O) groups excluding carboxylic acids is 1. The Bertz CT molecular complexity index is 1010. The molecule has 0 saturated carbocycles. The average Bonchev–Trinajstić information content (AvgIpc) is 2.73. The number of hydrogen-bond acceptors (Lipinski definition) is 6. The minimum atomic E-state index is -4.78. The zero-order valence-electron chi connectivity index (χ0n) is 16.2. The number of benzene rings is 2. The Morgan fingerprint density at radius 1 is 1.06 bits per heavy atom. The van der Waals surface area contributed by atoms with Crippen molar-refractivity contribution in [1.29, 1.82) is 0 Å². The maximum Gasteiger partial charge on any atom is 0.573 e. The SMILES string of the molecule is O=C(CNc1ccc(OC(F)(F)F)cc1)Nc1cccc(S(=O)(=O)N2CCOCC2)c1. The summed E-state index contributed by atoms with van der Waals surface area (Å²) in [6, 6.07) is 10.8. The number of alkyl halides is 3. The number of anilines is 2. The fourth-order valence-electron chi connectivity index (χ4n) is 2.83. The van der Waals surface area contributed by atoms with E-state index in [9.17, 15) is 26.4 Å². The van der Waals surface area contributed by atoms with Crippen LogP contribution in [0.25, 0.3) is 0 Å². The van der Waals surface area contributed by atoms with Crippen molar-refractivity contribution in [2.24, 2.45) is 0 Å². The third kappa shape index (κ3) is 6.57. The van der Waals surface area contributed by atoms with Crippen LogP contribution in [0.3, 0.4) is 0 Å². The van der Waals surface area contributed by atoms with Gasteiger partial charge in [0, 0.05) is 24.5 Å². The summed E-state index contributed by atoms with van der Waals surface area (Å²) in [4.78, 5) is 12.2. The molecule has 2 aromatic rings. The van der Waals surface area contributed by atoms with Gasteiger partial charge < -0.3 is 20.1 Å². The maximum absolute atomic E-state index is 12.7. The molecule has 8 nitrogen and oxygen atoms in total. The molecule has 0 unspecified atom stereocenters. The van der Waals surface area contributed by atoms with Gasteiger partial charge >= 0.3 is 6.36 Å². The zero-order chi connectivity index (χ0) is 22.5. The quantitative estimate of drug-likeness (QED) is 0.661. The molecule has 1 saturated heterocycles. The second-order valence-electron chi connectivity index (χ2n) is 6.52. The number of halogens is 3. The molecule has 0 spiro atoms. The van der Waals surface area contributed by atoms with E-state index >= 15 is 0 Å². The number of amides is 1. The number of nitrogens with zero attached hydrogens (tertiary/aromatic N) is 1. The van der Waals surface area contributed by atoms with Crippen molar-refractivity contribution < 1.29 is 35.9 Å². The van der Waals surface area contributed by atoms with Gasteiger partial charge in [-0.1, -0.05) is 6.07 Å². The number of morpholine rings is 1. The predicted octanol–water partition coefficient (Wildman–Crippen LogP) is 2.66. The molecular formula is C19H20F3N3O5S. The van der Waals surface area contributed by atoms with E-state index in [4.69, 9.17) is 4.74 Å². The van der Waals surface area contributed by atoms with E-state index in [2.05, 4.69) is 15.4 Å². The number of nitrogens with one attached hydrogen (secondary N) is 2. The summed E-state index contributed by atoms with van der Waals surface area (Å²) in [7, 11) is -3.70. The van der Waals surface area contributed by atoms with Crippen LogP contribution in [0.15, 0.2) is 53.4 Å². The highest BCUT2D eigenvalue weighted by Crippen LogP contribution is 2.24. The molecule has 0 radical (unpaired) electrons. The Labute approximate surface area is 177 Å². The van der Waals surface area contributed by atoms with Gasteiger partial charge in [-0.25, -0.2) is 8.42 Å². The first-order valence-corrected chi connectivity index (χ1v) is 10.6. The van der Waals surface area contributed by atoms with Gasteiger partial charge in [-0.2, -0.15) is 4.31 Å². The highest BCUT2D eigenvalue weighted by molar-refractivity contribution is 7.89. The molecule has 0 aliphatic carbocycles. The molecule has 2 aromatic carbocycles. The number of sulfonamides is 1. The largest absolute Gasteiger partial charge is 0.573 e. The summed E-state index contributed by atoms with van der Waals surface area (Å²) in [6.07, 6.45) is -4.78. The molecule has 1 fully saturated rings. The highest BCUT2D eigenvalue weighted by atomic mass is 32.2. The molecule has 1 heterocycles. The smallest absolute Gasteiger partial charge is 0.406 e. The van der Waals surface area contributed by atoms with Gasteiger partial charge in [0.15, 0.2) is 0 Å². The molecule has 1 amide bonds. The van der Waals surface area contributed by atoms with E-state index in [1.54, 1.807) is 6.07 Å². The van der Waals surface area contributed by atoms with Crippen molar-refractivity contribution >= 4 is 27.3 Å². The van der Waals surface area contributed by atoms with Gasteiger partial charge in [0.05, 0.1) is 24.7 Å². The lowest BCUT2D eigenvalue weighted by molar-refractivity contribution is -0.274. The lowest BCUT2D eigenvalue weighted by Crippen LogP contribution is -2.40. The molecule has 1 aliphatic heterocycles. The van der Waals surface area contributed by atoms with E-state index in [0.717, 1.165) is 12.1 Å². The summed E-state index contributed by atoms with van der Waals surface area (Å²) in [5.41, 5.74) is 0.711. The Hall–Kier alpha value is -2.83. The van der Waals surface area contributed by atoms with Crippen LogP contribution >= 0.6 is 0 Å². The van der Waals surface area contributed by atoms with E-state index in [-0.39, 0.29) is 30.3 Å². The minimum Gasteiger partial charge on any atom is -0.406 e. The minimum absolute atomic E-state index is 0.0559. The summed E-state index contributed by atoms with van der Waals surface area (Å²) in [5, 5.41) is 5.35. The average molecular weight is 459 g/mol. The van der Waals surface area contributed by atoms with Gasteiger partial charge in [-0.3, -0.25) is 4.79 Å². The number of hydrogen-bond donors (Lipinski definition) is 2. The zero-order valence-corrected chi connectivity index (χ0v) is 17.0. The third-order valence-corrected chi connectivity index (χ3v) is 6.16. The Kier molecular flexibility index (Phi) is 7.03. The van der Waals surface area contributed by atoms with Crippen LogP contribution in [-0.2, 0) is 19.6 Å². The van der Waals surface area contributed by atoms with Crippen molar-refractivity contribution in [2.75, 3.05) is 43.5 Å². The molecule has 2 N–H and O–H groups in total.